The molecule has 0 spiro atoms. The quantitative estimate of drug-likeness (QED) is 0.867. The summed E-state index contributed by atoms with van der Waals surface area (Å²) in [5.74, 6) is 1.22. The van der Waals surface area contributed by atoms with E-state index in [2.05, 4.69) is 41.0 Å². The van der Waals surface area contributed by atoms with Crippen LogP contribution in [0.1, 0.15) is 63.0 Å². The summed E-state index contributed by atoms with van der Waals surface area (Å²) in [6.07, 6.45) is 9.78. The van der Waals surface area contributed by atoms with Gasteiger partial charge in [0.2, 0.25) is 5.91 Å². The summed E-state index contributed by atoms with van der Waals surface area (Å²) < 4.78 is 0. The molecule has 0 radical (unpaired) electrons. The van der Waals surface area contributed by atoms with Crippen LogP contribution in [0.15, 0.2) is 30.3 Å². The first-order valence-electron chi connectivity index (χ1n) is 9.39. The van der Waals surface area contributed by atoms with Crippen LogP contribution in [0.4, 0.5) is 0 Å². The Morgan fingerprint density at radius 3 is 2.43 bits per heavy atom. The minimum atomic E-state index is 0.182. The third kappa shape index (κ3) is 4.81. The highest BCUT2D eigenvalue weighted by atomic mass is 16.1. The summed E-state index contributed by atoms with van der Waals surface area (Å²) in [5, 5.41) is 6.72. The maximum Gasteiger partial charge on any atom is 0.223 e. The van der Waals surface area contributed by atoms with Crippen LogP contribution in [0.2, 0.25) is 0 Å². The molecule has 23 heavy (non-hydrogen) atoms. The molecule has 1 aromatic carbocycles. The molecule has 3 heteroatoms. The van der Waals surface area contributed by atoms with E-state index in [1.165, 1.54) is 37.7 Å². The molecule has 0 aromatic heterocycles. The molecular formula is C20H30N2O. The molecule has 1 amide bonds. The van der Waals surface area contributed by atoms with Gasteiger partial charge in [0.15, 0.2) is 0 Å². The van der Waals surface area contributed by atoms with Crippen LogP contribution in [0.3, 0.4) is 0 Å². The molecule has 1 saturated heterocycles. The van der Waals surface area contributed by atoms with Gasteiger partial charge >= 0.3 is 0 Å². The van der Waals surface area contributed by atoms with E-state index >= 15 is 0 Å². The number of hydrogen-bond donors (Lipinski definition) is 2. The molecule has 1 aliphatic heterocycles. The Morgan fingerprint density at radius 2 is 1.74 bits per heavy atom. The van der Waals surface area contributed by atoms with Gasteiger partial charge in [-0.15, -0.1) is 0 Å². The van der Waals surface area contributed by atoms with Crippen LogP contribution >= 0.6 is 0 Å². The lowest BCUT2D eigenvalue weighted by molar-refractivity contribution is -0.126. The molecule has 1 aliphatic carbocycles. The van der Waals surface area contributed by atoms with Crippen molar-refractivity contribution < 1.29 is 4.79 Å². The number of hydrogen-bond acceptors (Lipinski definition) is 2. The number of rotatable bonds is 5. The normalized spacial score (nSPS) is 21.7. The molecular weight excluding hydrogens is 284 g/mol. The second-order valence-electron chi connectivity index (χ2n) is 7.24. The third-order valence-electron chi connectivity index (χ3n) is 5.52. The second kappa shape index (κ2) is 8.49. The highest BCUT2D eigenvalue weighted by Crippen LogP contribution is 2.32. The standard InChI is InChI=1S/C20H30N2O/c23-20(18-11-13-21-14-12-18)22-19(17-9-5-2-6-10-17)15-16-7-3-1-4-8-16/h2,5-6,9-10,16,18-19,21H,1,3-4,7-8,11-15H2,(H,22,23). The third-order valence-corrected chi connectivity index (χ3v) is 5.52. The SMILES string of the molecule is O=C(NC(CC1CCCCC1)c1ccccc1)C1CCNCC1. The van der Waals surface area contributed by atoms with Gasteiger partial charge in [0.05, 0.1) is 6.04 Å². The van der Waals surface area contributed by atoms with Gasteiger partial charge in [-0.05, 0) is 43.8 Å². The minimum absolute atomic E-state index is 0.182. The van der Waals surface area contributed by atoms with E-state index in [0.29, 0.717) is 0 Å². The Kier molecular flexibility index (Phi) is 6.09. The van der Waals surface area contributed by atoms with E-state index in [1.54, 1.807) is 0 Å². The number of carbonyl (C=O) groups excluding carboxylic acids is 1. The Bertz CT molecular complexity index is 476. The van der Waals surface area contributed by atoms with Gasteiger partial charge in [-0.1, -0.05) is 62.4 Å². The van der Waals surface area contributed by atoms with Gasteiger partial charge < -0.3 is 10.6 Å². The summed E-state index contributed by atoms with van der Waals surface area (Å²) in [6.45, 7) is 1.94. The first kappa shape index (κ1) is 16.5. The summed E-state index contributed by atoms with van der Waals surface area (Å²) in [5.41, 5.74) is 1.26. The highest BCUT2D eigenvalue weighted by molar-refractivity contribution is 5.79. The molecule has 1 saturated carbocycles. The first-order chi connectivity index (χ1) is 11.3. The van der Waals surface area contributed by atoms with Crippen molar-refractivity contribution in [3.8, 4) is 0 Å². The molecule has 1 aromatic rings. The molecule has 2 fully saturated rings. The zero-order chi connectivity index (χ0) is 15.9. The van der Waals surface area contributed by atoms with Crippen LogP contribution in [0, 0.1) is 11.8 Å². The largest absolute Gasteiger partial charge is 0.349 e. The van der Waals surface area contributed by atoms with E-state index < -0.39 is 0 Å². The van der Waals surface area contributed by atoms with E-state index in [1.807, 2.05) is 0 Å². The van der Waals surface area contributed by atoms with Crippen LogP contribution in [0.5, 0.6) is 0 Å². The van der Waals surface area contributed by atoms with Crippen molar-refractivity contribution in [1.29, 1.82) is 0 Å². The lowest BCUT2D eigenvalue weighted by Gasteiger charge is -2.29. The summed E-state index contributed by atoms with van der Waals surface area (Å²) in [7, 11) is 0. The Balaban J connectivity index is 1.65. The van der Waals surface area contributed by atoms with Crippen molar-refractivity contribution >= 4 is 5.91 Å². The smallest absolute Gasteiger partial charge is 0.223 e. The molecule has 126 valence electrons. The zero-order valence-corrected chi connectivity index (χ0v) is 14.1. The number of piperidine rings is 1. The topological polar surface area (TPSA) is 41.1 Å². The molecule has 1 unspecified atom stereocenters. The van der Waals surface area contributed by atoms with Crippen molar-refractivity contribution in [2.45, 2.75) is 57.4 Å². The van der Waals surface area contributed by atoms with E-state index in [4.69, 9.17) is 0 Å². The predicted octanol–water partition coefficient (Wildman–Crippen LogP) is 3.81. The van der Waals surface area contributed by atoms with Crippen LogP contribution < -0.4 is 10.6 Å². The van der Waals surface area contributed by atoms with E-state index in [-0.39, 0.29) is 17.9 Å². The van der Waals surface area contributed by atoms with E-state index in [9.17, 15) is 4.79 Å². The Morgan fingerprint density at radius 1 is 1.04 bits per heavy atom. The fraction of sp³-hybridized carbons (Fsp3) is 0.650. The molecule has 3 nitrogen and oxygen atoms in total. The summed E-state index contributed by atoms with van der Waals surface area (Å²) in [4.78, 5) is 12.7. The van der Waals surface area contributed by atoms with Gasteiger partial charge in [-0.25, -0.2) is 0 Å². The molecule has 2 N–H and O–H groups in total. The summed E-state index contributed by atoms with van der Waals surface area (Å²) >= 11 is 0. The van der Waals surface area contributed by atoms with Crippen LogP contribution in [-0.4, -0.2) is 19.0 Å². The first-order valence-corrected chi connectivity index (χ1v) is 9.39. The Hall–Kier alpha value is -1.35. The van der Waals surface area contributed by atoms with Gasteiger partial charge in [0.1, 0.15) is 0 Å². The van der Waals surface area contributed by atoms with Crippen molar-refractivity contribution in [2.24, 2.45) is 11.8 Å². The number of benzene rings is 1. The van der Waals surface area contributed by atoms with Gasteiger partial charge in [0.25, 0.3) is 0 Å². The highest BCUT2D eigenvalue weighted by Gasteiger charge is 2.26. The van der Waals surface area contributed by atoms with Gasteiger partial charge in [0, 0.05) is 5.92 Å². The second-order valence-corrected chi connectivity index (χ2v) is 7.24. The Labute approximate surface area is 140 Å². The van der Waals surface area contributed by atoms with Crippen molar-refractivity contribution in [3.05, 3.63) is 35.9 Å². The molecule has 0 bridgehead atoms. The molecule has 2 aliphatic rings. The van der Waals surface area contributed by atoms with Gasteiger partial charge in [-0.2, -0.15) is 0 Å². The van der Waals surface area contributed by atoms with Crippen molar-refractivity contribution in [3.63, 3.8) is 0 Å². The molecule has 3 rings (SSSR count). The van der Waals surface area contributed by atoms with Crippen LogP contribution in [0.25, 0.3) is 0 Å². The monoisotopic (exact) mass is 314 g/mol. The van der Waals surface area contributed by atoms with Crippen molar-refractivity contribution in [1.82, 2.24) is 10.6 Å². The zero-order valence-electron chi connectivity index (χ0n) is 14.1. The average molecular weight is 314 g/mol. The lowest BCUT2D eigenvalue weighted by Crippen LogP contribution is -2.40. The van der Waals surface area contributed by atoms with E-state index in [0.717, 1.165) is 38.3 Å². The van der Waals surface area contributed by atoms with Crippen molar-refractivity contribution in [2.75, 3.05) is 13.1 Å². The van der Waals surface area contributed by atoms with Crippen LogP contribution in [-0.2, 0) is 4.79 Å². The fourth-order valence-electron chi connectivity index (χ4n) is 4.09. The fourth-order valence-corrected chi connectivity index (χ4v) is 4.09. The number of carbonyl (C=O) groups is 1. The summed E-state index contributed by atoms with van der Waals surface area (Å²) in [6, 6.07) is 10.7. The lowest BCUT2D eigenvalue weighted by atomic mass is 9.83. The number of nitrogens with one attached hydrogen (secondary N) is 2. The average Bonchev–Trinajstić information content (AvgIpc) is 2.63. The predicted molar refractivity (Wildman–Crippen MR) is 94.1 cm³/mol. The van der Waals surface area contributed by atoms with Gasteiger partial charge in [-0.3, -0.25) is 4.79 Å². The number of amides is 1. The molecule has 1 heterocycles. The maximum atomic E-state index is 12.7. The molecule has 1 atom stereocenters. The maximum absolute atomic E-state index is 12.7. The minimum Gasteiger partial charge on any atom is -0.349 e.